The van der Waals surface area contributed by atoms with Gasteiger partial charge in [-0.3, -0.25) is 0 Å². The third-order valence-corrected chi connectivity index (χ3v) is 4.54. The first-order valence-electron chi connectivity index (χ1n) is 6.61. The minimum atomic E-state index is 0.197. The van der Waals surface area contributed by atoms with Gasteiger partial charge in [-0.25, -0.2) is 0 Å². The van der Waals surface area contributed by atoms with E-state index < -0.39 is 0 Å². The van der Waals surface area contributed by atoms with E-state index in [4.69, 9.17) is 4.74 Å². The lowest BCUT2D eigenvalue weighted by atomic mass is 9.98. The van der Waals surface area contributed by atoms with Crippen molar-refractivity contribution < 1.29 is 4.74 Å². The van der Waals surface area contributed by atoms with Crippen LogP contribution in [0.25, 0.3) is 10.1 Å². The normalized spacial score (nSPS) is 12.5. The van der Waals surface area contributed by atoms with Gasteiger partial charge in [0.05, 0.1) is 13.2 Å². The number of ether oxygens (including phenoxy) is 1. The topological polar surface area (TPSA) is 21.3 Å². The fraction of sp³-hybridized carbons (Fsp3) is 0.176. The van der Waals surface area contributed by atoms with Crippen molar-refractivity contribution in [3.63, 3.8) is 0 Å². The van der Waals surface area contributed by atoms with Crippen molar-refractivity contribution in [3.8, 4) is 5.75 Å². The predicted molar refractivity (Wildman–Crippen MR) is 85.7 cm³/mol. The molecule has 0 aliphatic carbocycles. The summed E-state index contributed by atoms with van der Waals surface area (Å²) in [6.45, 7) is 0. The zero-order valence-electron chi connectivity index (χ0n) is 11.6. The smallest absolute Gasteiger partial charge is 0.118 e. The Balaban J connectivity index is 2.06. The molecule has 1 heterocycles. The number of benzene rings is 2. The molecule has 3 heteroatoms. The van der Waals surface area contributed by atoms with Gasteiger partial charge in [0, 0.05) is 4.70 Å². The Morgan fingerprint density at radius 3 is 2.55 bits per heavy atom. The SMILES string of the molecule is CNC(c1ccc(OC)cc1)c1cccc2ccsc12. The summed E-state index contributed by atoms with van der Waals surface area (Å²) in [6, 6.07) is 17.1. The van der Waals surface area contributed by atoms with E-state index in [0.29, 0.717) is 0 Å². The van der Waals surface area contributed by atoms with E-state index >= 15 is 0 Å². The molecule has 1 atom stereocenters. The van der Waals surface area contributed by atoms with Crippen LogP contribution in [0, 0.1) is 0 Å². The van der Waals surface area contributed by atoms with Crippen molar-refractivity contribution in [1.82, 2.24) is 5.32 Å². The standard InChI is InChI=1S/C17H17NOS/c1-18-16(12-6-8-14(19-2)9-7-12)15-5-3-4-13-10-11-20-17(13)15/h3-11,16,18H,1-2H3. The van der Waals surface area contributed by atoms with E-state index in [1.54, 1.807) is 18.4 Å². The van der Waals surface area contributed by atoms with Gasteiger partial charge in [-0.05, 0) is 47.1 Å². The lowest BCUT2D eigenvalue weighted by Gasteiger charge is -2.18. The Labute approximate surface area is 123 Å². The zero-order valence-corrected chi connectivity index (χ0v) is 12.4. The van der Waals surface area contributed by atoms with Crippen molar-refractivity contribution in [1.29, 1.82) is 0 Å². The van der Waals surface area contributed by atoms with Crippen LogP contribution in [-0.2, 0) is 0 Å². The Kier molecular flexibility index (Phi) is 3.72. The number of nitrogens with one attached hydrogen (secondary N) is 1. The quantitative estimate of drug-likeness (QED) is 0.774. The molecule has 0 radical (unpaired) electrons. The Morgan fingerprint density at radius 1 is 1.05 bits per heavy atom. The van der Waals surface area contributed by atoms with Gasteiger partial charge in [0.15, 0.2) is 0 Å². The van der Waals surface area contributed by atoms with E-state index in [2.05, 4.69) is 47.1 Å². The molecule has 1 N–H and O–H groups in total. The summed E-state index contributed by atoms with van der Waals surface area (Å²) >= 11 is 1.80. The van der Waals surface area contributed by atoms with Crippen molar-refractivity contribution in [2.75, 3.05) is 14.2 Å². The molecule has 2 aromatic carbocycles. The minimum absolute atomic E-state index is 0.197. The number of methoxy groups -OCH3 is 1. The largest absolute Gasteiger partial charge is 0.497 e. The van der Waals surface area contributed by atoms with Gasteiger partial charge in [-0.15, -0.1) is 11.3 Å². The van der Waals surface area contributed by atoms with Crippen LogP contribution in [0.5, 0.6) is 5.75 Å². The van der Waals surface area contributed by atoms with Crippen LogP contribution in [-0.4, -0.2) is 14.2 Å². The van der Waals surface area contributed by atoms with Crippen molar-refractivity contribution in [2.45, 2.75) is 6.04 Å². The van der Waals surface area contributed by atoms with Crippen LogP contribution >= 0.6 is 11.3 Å². The number of hydrogen-bond donors (Lipinski definition) is 1. The molecule has 0 spiro atoms. The molecule has 0 aliphatic heterocycles. The first-order chi connectivity index (χ1) is 9.83. The molecule has 0 bridgehead atoms. The van der Waals surface area contributed by atoms with Crippen molar-refractivity contribution in [3.05, 3.63) is 65.0 Å². The summed E-state index contributed by atoms with van der Waals surface area (Å²) in [5, 5.41) is 6.87. The molecule has 20 heavy (non-hydrogen) atoms. The molecule has 102 valence electrons. The van der Waals surface area contributed by atoms with Crippen LogP contribution in [0.1, 0.15) is 17.2 Å². The molecule has 3 aromatic rings. The molecule has 0 saturated carbocycles. The number of hydrogen-bond acceptors (Lipinski definition) is 3. The lowest BCUT2D eigenvalue weighted by molar-refractivity contribution is 0.414. The van der Waals surface area contributed by atoms with Gasteiger partial charge in [0.2, 0.25) is 0 Å². The second-order valence-corrected chi connectivity index (χ2v) is 5.60. The molecule has 1 unspecified atom stereocenters. The second-order valence-electron chi connectivity index (χ2n) is 4.68. The average molecular weight is 283 g/mol. The van der Waals surface area contributed by atoms with Crippen LogP contribution in [0.4, 0.5) is 0 Å². The number of thiophene rings is 1. The molecule has 3 rings (SSSR count). The van der Waals surface area contributed by atoms with E-state index in [0.717, 1.165) is 5.75 Å². The second kappa shape index (κ2) is 5.65. The highest BCUT2D eigenvalue weighted by molar-refractivity contribution is 7.17. The summed E-state index contributed by atoms with van der Waals surface area (Å²) in [4.78, 5) is 0. The summed E-state index contributed by atoms with van der Waals surface area (Å²) in [6.07, 6.45) is 0. The maximum absolute atomic E-state index is 5.23. The van der Waals surface area contributed by atoms with Crippen LogP contribution in [0.15, 0.2) is 53.9 Å². The third-order valence-electron chi connectivity index (χ3n) is 3.56. The highest BCUT2D eigenvalue weighted by atomic mass is 32.1. The molecule has 0 saturated heterocycles. The first-order valence-corrected chi connectivity index (χ1v) is 7.49. The molecule has 0 amide bonds. The van der Waals surface area contributed by atoms with Crippen molar-refractivity contribution in [2.24, 2.45) is 0 Å². The molecular weight excluding hydrogens is 266 g/mol. The Hall–Kier alpha value is -1.84. The van der Waals surface area contributed by atoms with E-state index in [1.807, 2.05) is 19.2 Å². The first kappa shape index (κ1) is 13.2. The average Bonchev–Trinajstić information content (AvgIpc) is 2.98. The maximum atomic E-state index is 5.23. The Morgan fingerprint density at radius 2 is 1.85 bits per heavy atom. The van der Waals surface area contributed by atoms with Gasteiger partial charge in [-0.2, -0.15) is 0 Å². The van der Waals surface area contributed by atoms with Crippen LogP contribution < -0.4 is 10.1 Å². The molecule has 0 aliphatic rings. The highest BCUT2D eigenvalue weighted by Crippen LogP contribution is 2.32. The van der Waals surface area contributed by atoms with Crippen LogP contribution in [0.3, 0.4) is 0 Å². The summed E-state index contributed by atoms with van der Waals surface area (Å²) < 4.78 is 6.58. The molecule has 2 nitrogen and oxygen atoms in total. The van der Waals surface area contributed by atoms with Crippen LogP contribution in [0.2, 0.25) is 0 Å². The van der Waals surface area contributed by atoms with Gasteiger partial charge in [0.1, 0.15) is 5.75 Å². The van der Waals surface area contributed by atoms with Gasteiger partial charge < -0.3 is 10.1 Å². The number of fused-ring (bicyclic) bond motifs is 1. The fourth-order valence-electron chi connectivity index (χ4n) is 2.54. The zero-order chi connectivity index (χ0) is 13.9. The maximum Gasteiger partial charge on any atom is 0.118 e. The van der Waals surface area contributed by atoms with Gasteiger partial charge in [0.25, 0.3) is 0 Å². The van der Waals surface area contributed by atoms with Gasteiger partial charge >= 0.3 is 0 Å². The minimum Gasteiger partial charge on any atom is -0.497 e. The van der Waals surface area contributed by atoms with Gasteiger partial charge in [-0.1, -0.05) is 30.3 Å². The lowest BCUT2D eigenvalue weighted by Crippen LogP contribution is -2.17. The third kappa shape index (κ3) is 2.30. The van der Waals surface area contributed by atoms with Crippen molar-refractivity contribution >= 4 is 21.4 Å². The molecule has 0 fully saturated rings. The Bertz CT molecular complexity index is 702. The monoisotopic (exact) mass is 283 g/mol. The molecular formula is C17H17NOS. The highest BCUT2D eigenvalue weighted by Gasteiger charge is 2.15. The number of rotatable bonds is 4. The molecule has 1 aromatic heterocycles. The summed E-state index contributed by atoms with van der Waals surface area (Å²) in [5.74, 6) is 0.887. The fourth-order valence-corrected chi connectivity index (χ4v) is 3.49. The summed E-state index contributed by atoms with van der Waals surface area (Å²) in [7, 11) is 3.69. The van der Waals surface area contributed by atoms with E-state index in [-0.39, 0.29) is 6.04 Å². The van der Waals surface area contributed by atoms with E-state index in [9.17, 15) is 0 Å². The predicted octanol–water partition coefficient (Wildman–Crippen LogP) is 4.22. The summed E-state index contributed by atoms with van der Waals surface area (Å²) in [5.41, 5.74) is 2.57. The van der Waals surface area contributed by atoms with E-state index in [1.165, 1.54) is 21.2 Å².